The Morgan fingerprint density at radius 3 is 2.12 bits per heavy atom. The van der Waals surface area contributed by atoms with E-state index in [-0.39, 0.29) is 6.54 Å². The number of unbranched alkanes of at least 4 members (excludes halogenated alkanes) is 6. The van der Waals surface area contributed by atoms with Crippen molar-refractivity contribution in [1.82, 2.24) is 4.31 Å². The van der Waals surface area contributed by atoms with Crippen molar-refractivity contribution in [2.75, 3.05) is 6.54 Å². The highest BCUT2D eigenvalue weighted by Gasteiger charge is 2.08. The van der Waals surface area contributed by atoms with Gasteiger partial charge in [-0.25, -0.2) is 4.79 Å². The average molecular weight is 249 g/mol. The van der Waals surface area contributed by atoms with Gasteiger partial charge < -0.3 is 10.3 Å². The minimum atomic E-state index is -2.53. The fourth-order valence-electron chi connectivity index (χ4n) is 1.47. The van der Waals surface area contributed by atoms with Gasteiger partial charge in [0.15, 0.2) is 0 Å². The number of amides is 2. The van der Waals surface area contributed by atoms with Gasteiger partial charge in [-0.2, -0.15) is 0 Å². The molecule has 0 aliphatic rings. The lowest BCUT2D eigenvalue weighted by atomic mass is 10.1. The third-order valence-corrected chi connectivity index (χ3v) is 3.11. The average Bonchev–Trinajstić information content (AvgIpc) is 2.21. The summed E-state index contributed by atoms with van der Waals surface area (Å²) >= 11 is -2.53. The van der Waals surface area contributed by atoms with Gasteiger partial charge in [0.1, 0.15) is 0 Å². The molecule has 1 unspecified atom stereocenters. The summed E-state index contributed by atoms with van der Waals surface area (Å²) in [5.74, 6) is 0. The maximum absolute atomic E-state index is 10.7. The molecule has 16 heavy (non-hydrogen) atoms. The molecule has 0 heterocycles. The number of nitrogens with zero attached hydrogens (tertiary/aromatic N) is 1. The molecule has 0 aromatic rings. The third kappa shape index (κ3) is 7.64. The van der Waals surface area contributed by atoms with Crippen LogP contribution in [0.4, 0.5) is 4.79 Å². The maximum Gasteiger partial charge on any atom is 0.325 e. The van der Waals surface area contributed by atoms with E-state index in [9.17, 15) is 13.6 Å². The molecule has 2 N–H and O–H groups in total. The Kier molecular flexibility index (Phi) is 9.22. The third-order valence-electron chi connectivity index (χ3n) is 2.39. The Balaban J connectivity index is 3.48. The lowest BCUT2D eigenvalue weighted by Crippen LogP contribution is -2.37. The van der Waals surface area contributed by atoms with Crippen LogP contribution in [0.25, 0.3) is 0 Å². The summed E-state index contributed by atoms with van der Waals surface area (Å²) in [6.07, 6.45) is 7.56. The normalized spacial score (nSPS) is 12.4. The van der Waals surface area contributed by atoms with Gasteiger partial charge in [-0.05, 0) is 6.42 Å². The quantitative estimate of drug-likeness (QED) is 0.500. The van der Waals surface area contributed by atoms with Crippen LogP contribution < -0.4 is 5.73 Å². The SMILES string of the molecule is CCCCCCCCCN(C(N)=O)S(=O)[O-]. The smallest absolute Gasteiger partial charge is 0.325 e. The first-order valence-corrected chi connectivity index (χ1v) is 6.79. The number of carbonyl (C=O) groups is 1. The van der Waals surface area contributed by atoms with Gasteiger partial charge in [0, 0.05) is 6.54 Å². The molecule has 0 spiro atoms. The summed E-state index contributed by atoms with van der Waals surface area (Å²) in [4.78, 5) is 10.7. The molecule has 2 amide bonds. The van der Waals surface area contributed by atoms with E-state index >= 15 is 0 Å². The molecule has 0 rings (SSSR count). The van der Waals surface area contributed by atoms with Crippen molar-refractivity contribution in [1.29, 1.82) is 0 Å². The summed E-state index contributed by atoms with van der Waals surface area (Å²) < 4.78 is 21.8. The molecule has 0 saturated heterocycles. The molecule has 0 radical (unpaired) electrons. The number of carbonyl (C=O) groups excluding carboxylic acids is 1. The molecule has 0 aromatic carbocycles. The molecular formula is C10H21N2O3S-. The largest absolute Gasteiger partial charge is 0.755 e. The van der Waals surface area contributed by atoms with E-state index < -0.39 is 17.3 Å². The Hall–Kier alpha value is -0.620. The summed E-state index contributed by atoms with van der Waals surface area (Å²) in [5.41, 5.74) is 4.91. The van der Waals surface area contributed by atoms with Crippen LogP contribution in [-0.2, 0) is 11.3 Å². The van der Waals surface area contributed by atoms with Gasteiger partial charge in [-0.1, -0.05) is 45.4 Å². The topological polar surface area (TPSA) is 86.5 Å². The zero-order chi connectivity index (χ0) is 12.4. The van der Waals surface area contributed by atoms with Gasteiger partial charge in [0.2, 0.25) is 0 Å². The molecule has 0 aromatic heterocycles. The second-order valence-corrected chi connectivity index (χ2v) is 4.65. The first-order valence-electron chi connectivity index (χ1n) is 5.76. The van der Waals surface area contributed by atoms with Gasteiger partial charge in [0.25, 0.3) is 0 Å². The number of hydrogen-bond acceptors (Lipinski definition) is 3. The minimum absolute atomic E-state index is 0.194. The zero-order valence-electron chi connectivity index (χ0n) is 9.81. The van der Waals surface area contributed by atoms with Crippen LogP contribution in [0.2, 0.25) is 0 Å². The monoisotopic (exact) mass is 249 g/mol. The van der Waals surface area contributed by atoms with Crippen molar-refractivity contribution in [2.24, 2.45) is 5.73 Å². The van der Waals surface area contributed by atoms with Crippen LogP contribution in [0.5, 0.6) is 0 Å². The molecule has 0 bridgehead atoms. The van der Waals surface area contributed by atoms with Crippen LogP contribution >= 0.6 is 0 Å². The molecule has 0 saturated carbocycles. The van der Waals surface area contributed by atoms with Crippen LogP contribution in [-0.4, -0.2) is 25.6 Å². The van der Waals surface area contributed by atoms with Crippen molar-refractivity contribution in [3.8, 4) is 0 Å². The number of primary amides is 1. The molecule has 0 aliphatic heterocycles. The molecule has 6 heteroatoms. The zero-order valence-corrected chi connectivity index (χ0v) is 10.6. The van der Waals surface area contributed by atoms with Crippen LogP contribution in [0.15, 0.2) is 0 Å². The van der Waals surface area contributed by atoms with E-state index in [4.69, 9.17) is 5.73 Å². The van der Waals surface area contributed by atoms with Crippen LogP contribution in [0.3, 0.4) is 0 Å². The summed E-state index contributed by atoms with van der Waals surface area (Å²) in [7, 11) is 0. The molecule has 0 fully saturated rings. The van der Waals surface area contributed by atoms with Crippen molar-refractivity contribution < 1.29 is 13.6 Å². The molecule has 1 atom stereocenters. The van der Waals surface area contributed by atoms with Crippen molar-refractivity contribution in [3.63, 3.8) is 0 Å². The highest BCUT2D eigenvalue weighted by Crippen LogP contribution is 2.07. The number of hydrogen-bond donors (Lipinski definition) is 1. The van der Waals surface area contributed by atoms with Gasteiger partial charge in [-0.3, -0.25) is 8.51 Å². The summed E-state index contributed by atoms with van der Waals surface area (Å²) in [6.45, 7) is 2.35. The van der Waals surface area contributed by atoms with Crippen LogP contribution in [0, 0.1) is 0 Å². The van der Waals surface area contributed by atoms with Gasteiger partial charge in [0.05, 0.1) is 11.3 Å². The van der Waals surface area contributed by atoms with E-state index in [0.29, 0.717) is 10.7 Å². The lowest BCUT2D eigenvalue weighted by molar-refractivity contribution is 0.230. The Morgan fingerprint density at radius 1 is 1.19 bits per heavy atom. The lowest BCUT2D eigenvalue weighted by Gasteiger charge is -2.21. The van der Waals surface area contributed by atoms with Gasteiger partial charge in [-0.15, -0.1) is 0 Å². The first kappa shape index (κ1) is 15.4. The standard InChI is InChI=1S/C10H22N2O3S/c1-2-3-4-5-6-7-8-9-12(10(11)13)16(14)15/h2-9H2,1H3,(H2,11,13)(H,14,15)/p-1. The first-order chi connectivity index (χ1) is 7.59. The molecule has 96 valence electrons. The van der Waals surface area contributed by atoms with E-state index in [1.165, 1.54) is 25.7 Å². The molecule has 5 nitrogen and oxygen atoms in total. The number of rotatable bonds is 9. The van der Waals surface area contributed by atoms with E-state index in [1.807, 2.05) is 0 Å². The Bertz CT molecular complexity index is 210. The van der Waals surface area contributed by atoms with Crippen molar-refractivity contribution in [2.45, 2.75) is 51.9 Å². The van der Waals surface area contributed by atoms with E-state index in [1.54, 1.807) is 0 Å². The fourth-order valence-corrected chi connectivity index (χ4v) is 1.90. The van der Waals surface area contributed by atoms with Crippen molar-refractivity contribution >= 4 is 17.3 Å². The fraction of sp³-hybridized carbons (Fsp3) is 0.900. The second-order valence-electron chi connectivity index (χ2n) is 3.78. The van der Waals surface area contributed by atoms with Crippen molar-refractivity contribution in [3.05, 3.63) is 0 Å². The number of nitrogens with two attached hydrogens (primary N) is 1. The molecular weight excluding hydrogens is 228 g/mol. The highest BCUT2D eigenvalue weighted by atomic mass is 32.2. The predicted molar refractivity (Wildman–Crippen MR) is 63.2 cm³/mol. The minimum Gasteiger partial charge on any atom is -0.755 e. The Labute approximate surface area is 99.8 Å². The predicted octanol–water partition coefficient (Wildman–Crippen LogP) is 1.91. The summed E-state index contributed by atoms with van der Waals surface area (Å²) in [5, 5.41) is 0. The van der Waals surface area contributed by atoms with Gasteiger partial charge >= 0.3 is 6.03 Å². The highest BCUT2D eigenvalue weighted by molar-refractivity contribution is 7.77. The van der Waals surface area contributed by atoms with E-state index in [2.05, 4.69) is 6.92 Å². The Morgan fingerprint density at radius 2 is 1.69 bits per heavy atom. The molecule has 0 aliphatic carbocycles. The van der Waals surface area contributed by atoms with E-state index in [0.717, 1.165) is 12.8 Å². The number of urea groups is 1. The maximum atomic E-state index is 10.7. The summed E-state index contributed by atoms with van der Waals surface area (Å²) in [6, 6.07) is -0.903. The van der Waals surface area contributed by atoms with Crippen LogP contribution in [0.1, 0.15) is 51.9 Å². The second kappa shape index (κ2) is 9.59.